The molecule has 0 unspecified atom stereocenters. The van der Waals surface area contributed by atoms with Crippen LogP contribution in [0.1, 0.15) is 31.7 Å². The van der Waals surface area contributed by atoms with Gasteiger partial charge in [-0.25, -0.2) is 23.7 Å². The molecule has 2 heterocycles. The van der Waals surface area contributed by atoms with Gasteiger partial charge in [0, 0.05) is 23.5 Å². The predicted molar refractivity (Wildman–Crippen MR) is 122 cm³/mol. The van der Waals surface area contributed by atoms with Crippen LogP contribution < -0.4 is 5.32 Å². The van der Waals surface area contributed by atoms with Gasteiger partial charge >= 0.3 is 0 Å². The second-order valence-electron chi connectivity index (χ2n) is 8.22. The van der Waals surface area contributed by atoms with Crippen molar-refractivity contribution in [1.29, 1.82) is 0 Å². The van der Waals surface area contributed by atoms with Crippen LogP contribution in [0.3, 0.4) is 0 Å². The number of aromatic nitrogens is 4. The van der Waals surface area contributed by atoms with Crippen LogP contribution in [-0.4, -0.2) is 30.7 Å². The number of halogens is 2. The Kier molecular flexibility index (Phi) is 5.83. The highest BCUT2D eigenvalue weighted by atomic mass is 19.1. The molecule has 0 saturated heterocycles. The molecule has 1 aliphatic carbocycles. The maximum absolute atomic E-state index is 13.5. The Morgan fingerprint density at radius 1 is 0.848 bits per heavy atom. The summed E-state index contributed by atoms with van der Waals surface area (Å²) in [5.41, 5.74) is 3.63. The van der Waals surface area contributed by atoms with Crippen molar-refractivity contribution in [1.82, 2.24) is 19.5 Å². The first-order valence-electron chi connectivity index (χ1n) is 10.9. The Labute approximate surface area is 190 Å². The Morgan fingerprint density at radius 2 is 1.52 bits per heavy atom. The molecule has 168 valence electrons. The standard InChI is InChI=1S/C25H23F2N5O/c26-17-3-1-16(2-4-17)23-24(32(15-29-23)20-9-11-21(33)12-10-20)22-13-14-28-25(31-22)30-19-7-5-18(27)6-8-19/h1-8,13-15,20-21,33H,9-12H2,(H,28,30,31)/t20-,21-. The van der Waals surface area contributed by atoms with Crippen LogP contribution in [0.15, 0.2) is 67.1 Å². The lowest BCUT2D eigenvalue weighted by Crippen LogP contribution is -2.21. The molecule has 5 rings (SSSR count). The molecule has 2 aromatic carbocycles. The third-order valence-corrected chi connectivity index (χ3v) is 5.97. The van der Waals surface area contributed by atoms with E-state index < -0.39 is 0 Å². The van der Waals surface area contributed by atoms with E-state index in [-0.39, 0.29) is 23.8 Å². The zero-order valence-electron chi connectivity index (χ0n) is 17.8. The molecule has 2 aromatic heterocycles. The number of imidazole rings is 1. The van der Waals surface area contributed by atoms with Gasteiger partial charge in [-0.15, -0.1) is 0 Å². The van der Waals surface area contributed by atoms with Crippen LogP contribution in [0.4, 0.5) is 20.4 Å². The number of nitrogens with one attached hydrogen (secondary N) is 1. The molecule has 8 heteroatoms. The summed E-state index contributed by atoms with van der Waals surface area (Å²) in [4.78, 5) is 13.7. The second-order valence-corrected chi connectivity index (χ2v) is 8.22. The summed E-state index contributed by atoms with van der Waals surface area (Å²) in [6.07, 6.45) is 6.31. The van der Waals surface area contributed by atoms with Crippen molar-refractivity contribution in [3.63, 3.8) is 0 Å². The van der Waals surface area contributed by atoms with Gasteiger partial charge in [-0.05, 0) is 80.3 Å². The topological polar surface area (TPSA) is 75.9 Å². The number of hydrogen-bond donors (Lipinski definition) is 2. The zero-order valence-corrected chi connectivity index (χ0v) is 17.8. The van der Waals surface area contributed by atoms with E-state index in [1.54, 1.807) is 36.8 Å². The van der Waals surface area contributed by atoms with Gasteiger partial charge in [0.1, 0.15) is 11.6 Å². The van der Waals surface area contributed by atoms with Crippen LogP contribution in [0.25, 0.3) is 22.6 Å². The van der Waals surface area contributed by atoms with E-state index in [1.807, 2.05) is 6.07 Å². The number of hydrogen-bond acceptors (Lipinski definition) is 5. The van der Waals surface area contributed by atoms with Crippen molar-refractivity contribution in [2.24, 2.45) is 0 Å². The van der Waals surface area contributed by atoms with Gasteiger partial charge in [0.25, 0.3) is 0 Å². The van der Waals surface area contributed by atoms with Gasteiger partial charge in [0.05, 0.1) is 29.5 Å². The maximum atomic E-state index is 13.5. The molecule has 4 aromatic rings. The van der Waals surface area contributed by atoms with Crippen LogP contribution in [0, 0.1) is 11.6 Å². The second kappa shape index (κ2) is 9.07. The highest BCUT2D eigenvalue weighted by Gasteiger charge is 2.26. The van der Waals surface area contributed by atoms with Crippen molar-refractivity contribution in [2.75, 3.05) is 5.32 Å². The predicted octanol–water partition coefficient (Wildman–Crippen LogP) is 5.50. The molecule has 0 aliphatic heterocycles. The largest absolute Gasteiger partial charge is 0.393 e. The average molecular weight is 447 g/mol. The molecule has 0 amide bonds. The normalized spacial score (nSPS) is 18.3. The SMILES string of the molecule is O[C@H]1CC[C@H](n2cnc(-c3ccc(F)cc3)c2-c2ccnc(Nc3ccc(F)cc3)n2)CC1. The van der Waals surface area contributed by atoms with Crippen molar-refractivity contribution < 1.29 is 13.9 Å². The number of nitrogens with zero attached hydrogens (tertiary/aromatic N) is 4. The monoisotopic (exact) mass is 447 g/mol. The first kappa shape index (κ1) is 21.2. The van der Waals surface area contributed by atoms with Crippen LogP contribution in [0.2, 0.25) is 0 Å². The van der Waals surface area contributed by atoms with Crippen molar-refractivity contribution in [2.45, 2.75) is 37.8 Å². The molecule has 6 nitrogen and oxygen atoms in total. The highest BCUT2D eigenvalue weighted by molar-refractivity contribution is 5.77. The number of aliphatic hydroxyl groups is 1. The maximum Gasteiger partial charge on any atom is 0.227 e. The van der Waals surface area contributed by atoms with Crippen LogP contribution in [-0.2, 0) is 0 Å². The molecule has 1 aliphatic rings. The molecule has 2 N–H and O–H groups in total. The van der Waals surface area contributed by atoms with E-state index in [1.165, 1.54) is 24.3 Å². The van der Waals surface area contributed by atoms with E-state index in [0.29, 0.717) is 23.0 Å². The molecule has 0 bridgehead atoms. The fraction of sp³-hybridized carbons (Fsp3) is 0.240. The third kappa shape index (κ3) is 4.61. The molecular weight excluding hydrogens is 424 g/mol. The minimum Gasteiger partial charge on any atom is -0.393 e. The molecular formula is C25H23F2N5O. The Bertz CT molecular complexity index is 1230. The zero-order chi connectivity index (χ0) is 22.8. The van der Waals surface area contributed by atoms with Crippen molar-refractivity contribution in [3.8, 4) is 22.6 Å². The van der Waals surface area contributed by atoms with Gasteiger partial charge in [-0.3, -0.25) is 0 Å². The molecule has 1 saturated carbocycles. The van der Waals surface area contributed by atoms with Gasteiger partial charge < -0.3 is 15.0 Å². The number of rotatable bonds is 5. The molecule has 1 fully saturated rings. The third-order valence-electron chi connectivity index (χ3n) is 5.97. The lowest BCUT2D eigenvalue weighted by Gasteiger charge is -2.28. The van der Waals surface area contributed by atoms with Gasteiger partial charge in [0.2, 0.25) is 5.95 Å². The highest BCUT2D eigenvalue weighted by Crippen LogP contribution is 2.37. The van der Waals surface area contributed by atoms with E-state index >= 15 is 0 Å². The molecule has 33 heavy (non-hydrogen) atoms. The van der Waals surface area contributed by atoms with Crippen molar-refractivity contribution >= 4 is 11.6 Å². The summed E-state index contributed by atoms with van der Waals surface area (Å²) < 4.78 is 28.9. The summed E-state index contributed by atoms with van der Waals surface area (Å²) >= 11 is 0. The van der Waals surface area contributed by atoms with Crippen molar-refractivity contribution in [3.05, 3.63) is 78.8 Å². The Morgan fingerprint density at radius 3 is 2.21 bits per heavy atom. The van der Waals surface area contributed by atoms with Gasteiger partial charge in [-0.1, -0.05) is 0 Å². The summed E-state index contributed by atoms with van der Waals surface area (Å²) in [6.45, 7) is 0. The first-order chi connectivity index (χ1) is 16.1. The van der Waals surface area contributed by atoms with E-state index in [2.05, 4.69) is 19.9 Å². The first-order valence-corrected chi connectivity index (χ1v) is 10.9. The fourth-order valence-corrected chi connectivity index (χ4v) is 4.26. The Balaban J connectivity index is 1.56. The van der Waals surface area contributed by atoms with E-state index in [4.69, 9.17) is 4.98 Å². The minimum absolute atomic E-state index is 0.175. The lowest BCUT2D eigenvalue weighted by molar-refractivity contribution is 0.111. The molecule has 0 radical (unpaired) electrons. The lowest BCUT2D eigenvalue weighted by atomic mass is 9.92. The minimum atomic E-state index is -0.319. The summed E-state index contributed by atoms with van der Waals surface area (Å²) in [7, 11) is 0. The van der Waals surface area contributed by atoms with Crippen LogP contribution >= 0.6 is 0 Å². The summed E-state index contributed by atoms with van der Waals surface area (Å²) in [6, 6.07) is 14.2. The summed E-state index contributed by atoms with van der Waals surface area (Å²) in [5.74, 6) is -0.259. The Hall–Kier alpha value is -3.65. The number of benzene rings is 2. The van der Waals surface area contributed by atoms with E-state index in [0.717, 1.165) is 36.9 Å². The number of anilines is 2. The quantitative estimate of drug-likeness (QED) is 0.422. The molecule has 0 spiro atoms. The number of aliphatic hydroxyl groups excluding tert-OH is 1. The van der Waals surface area contributed by atoms with Gasteiger partial charge in [-0.2, -0.15) is 0 Å². The molecule has 0 atom stereocenters. The van der Waals surface area contributed by atoms with Crippen LogP contribution in [0.5, 0.6) is 0 Å². The fourth-order valence-electron chi connectivity index (χ4n) is 4.26. The summed E-state index contributed by atoms with van der Waals surface area (Å²) in [5, 5.41) is 13.1. The smallest absolute Gasteiger partial charge is 0.227 e. The van der Waals surface area contributed by atoms with E-state index in [9.17, 15) is 13.9 Å². The average Bonchev–Trinajstić information content (AvgIpc) is 3.27. The van der Waals surface area contributed by atoms with Gasteiger partial charge in [0.15, 0.2) is 0 Å².